The Morgan fingerprint density at radius 3 is 2.61 bits per heavy atom. The SMILES string of the molecule is CCOc1ccc(C(C)=O)cc1COCC(=O)O. The van der Waals surface area contributed by atoms with Gasteiger partial charge in [-0.2, -0.15) is 0 Å². The molecule has 0 amide bonds. The molecule has 0 atom stereocenters. The second-order valence-corrected chi connectivity index (χ2v) is 3.70. The number of carboxylic acids is 1. The highest BCUT2D eigenvalue weighted by molar-refractivity contribution is 5.94. The topological polar surface area (TPSA) is 72.8 Å². The lowest BCUT2D eigenvalue weighted by Crippen LogP contribution is -2.08. The van der Waals surface area contributed by atoms with Gasteiger partial charge in [-0.1, -0.05) is 0 Å². The molecule has 0 aliphatic carbocycles. The predicted octanol–water partition coefficient (Wildman–Crippen LogP) is 1.89. The van der Waals surface area contributed by atoms with Crippen LogP contribution in [-0.2, 0) is 16.1 Å². The number of carbonyl (C=O) groups is 2. The molecule has 0 aromatic heterocycles. The minimum atomic E-state index is -1.03. The van der Waals surface area contributed by atoms with Crippen LogP contribution >= 0.6 is 0 Å². The van der Waals surface area contributed by atoms with Gasteiger partial charge in [-0.25, -0.2) is 4.79 Å². The number of rotatable bonds is 7. The van der Waals surface area contributed by atoms with E-state index < -0.39 is 5.97 Å². The average Bonchev–Trinajstić information content (AvgIpc) is 2.30. The summed E-state index contributed by atoms with van der Waals surface area (Å²) in [7, 11) is 0. The molecule has 0 unspecified atom stereocenters. The summed E-state index contributed by atoms with van der Waals surface area (Å²) >= 11 is 0. The van der Waals surface area contributed by atoms with Crippen LogP contribution in [-0.4, -0.2) is 30.1 Å². The zero-order chi connectivity index (χ0) is 13.5. The van der Waals surface area contributed by atoms with Crippen molar-refractivity contribution in [3.05, 3.63) is 29.3 Å². The molecule has 0 radical (unpaired) electrons. The van der Waals surface area contributed by atoms with Gasteiger partial charge in [0.05, 0.1) is 13.2 Å². The van der Waals surface area contributed by atoms with Gasteiger partial charge in [0, 0.05) is 11.1 Å². The summed E-state index contributed by atoms with van der Waals surface area (Å²) in [5.74, 6) is -0.485. The molecule has 0 aliphatic heterocycles. The van der Waals surface area contributed by atoms with Gasteiger partial charge < -0.3 is 14.6 Å². The number of carboxylic acid groups (broad SMARTS) is 1. The van der Waals surface area contributed by atoms with Gasteiger partial charge in [0.2, 0.25) is 0 Å². The van der Waals surface area contributed by atoms with Crippen molar-refractivity contribution in [2.24, 2.45) is 0 Å². The summed E-state index contributed by atoms with van der Waals surface area (Å²) in [6.07, 6.45) is 0. The summed E-state index contributed by atoms with van der Waals surface area (Å²) in [6, 6.07) is 5.03. The van der Waals surface area contributed by atoms with Gasteiger partial charge in [0.15, 0.2) is 5.78 Å². The van der Waals surface area contributed by atoms with Crippen molar-refractivity contribution in [3.8, 4) is 5.75 Å². The third kappa shape index (κ3) is 4.18. The molecule has 0 fully saturated rings. The van der Waals surface area contributed by atoms with E-state index >= 15 is 0 Å². The maximum Gasteiger partial charge on any atom is 0.329 e. The first-order valence-electron chi connectivity index (χ1n) is 5.60. The Hall–Kier alpha value is -1.88. The Morgan fingerprint density at radius 1 is 1.33 bits per heavy atom. The number of ketones is 1. The number of Topliss-reactive ketones (excluding diaryl/α,β-unsaturated/α-hetero) is 1. The second-order valence-electron chi connectivity index (χ2n) is 3.70. The third-order valence-corrected chi connectivity index (χ3v) is 2.25. The van der Waals surface area contributed by atoms with Crippen molar-refractivity contribution >= 4 is 11.8 Å². The van der Waals surface area contributed by atoms with E-state index in [-0.39, 0.29) is 19.0 Å². The average molecular weight is 252 g/mol. The van der Waals surface area contributed by atoms with Crippen molar-refractivity contribution < 1.29 is 24.2 Å². The molecule has 1 aromatic rings. The summed E-state index contributed by atoms with van der Waals surface area (Å²) < 4.78 is 10.4. The number of hydrogen-bond acceptors (Lipinski definition) is 4. The summed E-state index contributed by atoms with van der Waals surface area (Å²) in [4.78, 5) is 21.6. The molecule has 0 heterocycles. The molecule has 0 saturated carbocycles. The molecule has 0 aliphatic rings. The molecule has 0 saturated heterocycles. The van der Waals surface area contributed by atoms with Crippen LogP contribution in [0.3, 0.4) is 0 Å². The Balaban J connectivity index is 2.85. The summed E-state index contributed by atoms with van der Waals surface area (Å²) in [5.41, 5.74) is 1.22. The van der Waals surface area contributed by atoms with Crippen molar-refractivity contribution in [3.63, 3.8) is 0 Å². The van der Waals surface area contributed by atoms with E-state index in [4.69, 9.17) is 14.6 Å². The molecule has 5 nitrogen and oxygen atoms in total. The van der Waals surface area contributed by atoms with Gasteiger partial charge in [-0.05, 0) is 32.0 Å². The maximum absolute atomic E-state index is 11.3. The highest BCUT2D eigenvalue weighted by Crippen LogP contribution is 2.21. The summed E-state index contributed by atoms with van der Waals surface area (Å²) in [5, 5.41) is 8.50. The van der Waals surface area contributed by atoms with Crippen molar-refractivity contribution in [1.82, 2.24) is 0 Å². The van der Waals surface area contributed by atoms with Gasteiger partial charge in [0.1, 0.15) is 12.4 Å². The minimum absolute atomic E-state index is 0.0578. The molecular formula is C13H16O5. The van der Waals surface area contributed by atoms with Crippen LogP contribution in [0.15, 0.2) is 18.2 Å². The molecule has 98 valence electrons. The van der Waals surface area contributed by atoms with E-state index in [9.17, 15) is 9.59 Å². The monoisotopic (exact) mass is 252 g/mol. The fourth-order valence-electron chi connectivity index (χ4n) is 1.46. The fraction of sp³-hybridized carbons (Fsp3) is 0.385. The lowest BCUT2D eigenvalue weighted by atomic mass is 10.1. The number of ether oxygens (including phenoxy) is 2. The van der Waals surface area contributed by atoms with Crippen molar-refractivity contribution in [2.45, 2.75) is 20.5 Å². The van der Waals surface area contributed by atoms with Gasteiger partial charge >= 0.3 is 5.97 Å². The van der Waals surface area contributed by atoms with E-state index in [0.717, 1.165) is 0 Å². The van der Waals surface area contributed by atoms with Crippen LogP contribution in [0.1, 0.15) is 29.8 Å². The lowest BCUT2D eigenvalue weighted by molar-refractivity contribution is -0.142. The standard InChI is InChI=1S/C13H16O5/c1-3-18-12-5-4-10(9(2)14)6-11(12)7-17-8-13(15)16/h4-6H,3,7-8H2,1-2H3,(H,15,16). The molecule has 5 heteroatoms. The Labute approximate surface area is 105 Å². The zero-order valence-corrected chi connectivity index (χ0v) is 10.4. The molecule has 1 N–H and O–H groups in total. The van der Waals surface area contributed by atoms with Crippen LogP contribution < -0.4 is 4.74 Å². The zero-order valence-electron chi connectivity index (χ0n) is 10.4. The number of hydrogen-bond donors (Lipinski definition) is 1. The number of benzene rings is 1. The minimum Gasteiger partial charge on any atom is -0.494 e. The van der Waals surface area contributed by atoms with E-state index in [1.807, 2.05) is 6.92 Å². The van der Waals surface area contributed by atoms with Crippen LogP contribution in [0, 0.1) is 0 Å². The second kappa shape index (κ2) is 6.76. The highest BCUT2D eigenvalue weighted by atomic mass is 16.5. The third-order valence-electron chi connectivity index (χ3n) is 2.25. The normalized spacial score (nSPS) is 10.1. The predicted molar refractivity (Wildman–Crippen MR) is 64.9 cm³/mol. The van der Waals surface area contributed by atoms with Crippen molar-refractivity contribution in [2.75, 3.05) is 13.2 Å². The Kier molecular flexibility index (Phi) is 5.32. The van der Waals surface area contributed by atoms with Crippen LogP contribution in [0.5, 0.6) is 5.75 Å². The number of carbonyl (C=O) groups excluding carboxylic acids is 1. The van der Waals surface area contributed by atoms with E-state index in [2.05, 4.69) is 0 Å². The van der Waals surface area contributed by atoms with Gasteiger partial charge in [0.25, 0.3) is 0 Å². The van der Waals surface area contributed by atoms with E-state index in [1.165, 1.54) is 6.92 Å². The molecular weight excluding hydrogens is 236 g/mol. The van der Waals surface area contributed by atoms with Crippen LogP contribution in [0.2, 0.25) is 0 Å². The molecule has 0 spiro atoms. The van der Waals surface area contributed by atoms with Gasteiger partial charge in [-0.15, -0.1) is 0 Å². The van der Waals surface area contributed by atoms with Crippen LogP contribution in [0.25, 0.3) is 0 Å². The van der Waals surface area contributed by atoms with Crippen LogP contribution in [0.4, 0.5) is 0 Å². The smallest absolute Gasteiger partial charge is 0.329 e. The Bertz CT molecular complexity index is 439. The molecule has 18 heavy (non-hydrogen) atoms. The summed E-state index contributed by atoms with van der Waals surface area (Å²) in [6.45, 7) is 3.53. The van der Waals surface area contributed by atoms with E-state index in [1.54, 1.807) is 18.2 Å². The quantitative estimate of drug-likeness (QED) is 0.750. The first-order chi connectivity index (χ1) is 8.54. The Morgan fingerprint density at radius 2 is 2.06 bits per heavy atom. The first-order valence-corrected chi connectivity index (χ1v) is 5.60. The lowest BCUT2D eigenvalue weighted by Gasteiger charge is -2.11. The van der Waals surface area contributed by atoms with Crippen molar-refractivity contribution in [1.29, 1.82) is 0 Å². The largest absolute Gasteiger partial charge is 0.494 e. The number of aliphatic carboxylic acids is 1. The first kappa shape index (κ1) is 14.2. The molecule has 1 rings (SSSR count). The molecule has 0 bridgehead atoms. The maximum atomic E-state index is 11.3. The van der Waals surface area contributed by atoms with Gasteiger partial charge in [-0.3, -0.25) is 4.79 Å². The molecule has 1 aromatic carbocycles. The highest BCUT2D eigenvalue weighted by Gasteiger charge is 2.08. The fourth-order valence-corrected chi connectivity index (χ4v) is 1.46. The van der Waals surface area contributed by atoms with E-state index in [0.29, 0.717) is 23.5 Å².